The van der Waals surface area contributed by atoms with Crippen molar-refractivity contribution in [3.8, 4) is 0 Å². The number of hydrogen-bond donors (Lipinski definition) is 1. The van der Waals surface area contributed by atoms with Gasteiger partial charge in [0.2, 0.25) is 0 Å². The molecular weight excluding hydrogens is 248 g/mol. The van der Waals surface area contributed by atoms with Crippen LogP contribution in [-0.4, -0.2) is 34.2 Å². The van der Waals surface area contributed by atoms with E-state index < -0.39 is 0 Å². The van der Waals surface area contributed by atoms with Crippen LogP contribution >= 0.6 is 0 Å². The Balaban J connectivity index is 1.94. The molecule has 1 fully saturated rings. The first kappa shape index (κ1) is 15.5. The third-order valence-electron chi connectivity index (χ3n) is 4.39. The van der Waals surface area contributed by atoms with Crippen molar-refractivity contribution in [3.63, 3.8) is 0 Å². The molecule has 1 aliphatic rings. The van der Waals surface area contributed by atoms with Gasteiger partial charge in [-0.2, -0.15) is 0 Å². The van der Waals surface area contributed by atoms with Gasteiger partial charge in [0.05, 0.1) is 11.8 Å². The van der Waals surface area contributed by atoms with Gasteiger partial charge in [0, 0.05) is 18.8 Å². The van der Waals surface area contributed by atoms with Gasteiger partial charge in [-0.05, 0) is 44.4 Å². The first-order valence-corrected chi connectivity index (χ1v) is 8.02. The van der Waals surface area contributed by atoms with Gasteiger partial charge in [-0.25, -0.2) is 0 Å². The van der Waals surface area contributed by atoms with Crippen LogP contribution in [0.25, 0.3) is 0 Å². The van der Waals surface area contributed by atoms with E-state index in [9.17, 15) is 5.11 Å². The zero-order valence-electron chi connectivity index (χ0n) is 12.9. The fourth-order valence-electron chi connectivity index (χ4n) is 3.13. The molecule has 2 atom stereocenters. The van der Waals surface area contributed by atoms with E-state index in [4.69, 9.17) is 0 Å². The van der Waals surface area contributed by atoms with Crippen LogP contribution in [0.2, 0.25) is 0 Å². The van der Waals surface area contributed by atoms with E-state index in [0.717, 1.165) is 37.4 Å². The Bertz CT molecular complexity index is 408. The summed E-state index contributed by atoms with van der Waals surface area (Å²) in [6.07, 6.45) is 5.76. The minimum Gasteiger partial charge on any atom is -0.393 e. The second-order valence-corrected chi connectivity index (χ2v) is 6.06. The number of hydrogen-bond acceptors (Lipinski definition) is 3. The lowest BCUT2D eigenvalue weighted by atomic mass is 9.96. The molecular formula is C17H28N2O. The number of rotatable bonds is 5. The molecule has 2 rings (SSSR count). The van der Waals surface area contributed by atoms with E-state index in [1.54, 1.807) is 0 Å². The summed E-state index contributed by atoms with van der Waals surface area (Å²) in [5, 5.41) is 10.3. The number of aromatic nitrogens is 1. The Morgan fingerprint density at radius 2 is 2.05 bits per heavy atom. The van der Waals surface area contributed by atoms with Crippen molar-refractivity contribution in [2.75, 3.05) is 13.1 Å². The minimum absolute atomic E-state index is 0.114. The van der Waals surface area contributed by atoms with Crippen LogP contribution in [0.15, 0.2) is 18.2 Å². The zero-order chi connectivity index (χ0) is 14.4. The van der Waals surface area contributed by atoms with Gasteiger partial charge in [0.1, 0.15) is 0 Å². The molecule has 0 bridgehead atoms. The predicted octanol–water partition coefficient (Wildman–Crippen LogP) is 3.15. The fraction of sp³-hybridized carbons (Fsp3) is 0.706. The summed E-state index contributed by atoms with van der Waals surface area (Å²) < 4.78 is 0. The van der Waals surface area contributed by atoms with Crippen molar-refractivity contribution in [2.45, 2.75) is 58.6 Å². The smallest absolute Gasteiger partial charge is 0.0580 e. The second-order valence-electron chi connectivity index (χ2n) is 6.06. The van der Waals surface area contributed by atoms with Gasteiger partial charge in [-0.1, -0.05) is 32.3 Å². The molecule has 20 heavy (non-hydrogen) atoms. The predicted molar refractivity (Wildman–Crippen MR) is 82.5 cm³/mol. The summed E-state index contributed by atoms with van der Waals surface area (Å²) in [6.45, 7) is 7.13. The van der Waals surface area contributed by atoms with Crippen molar-refractivity contribution >= 4 is 0 Å². The fourth-order valence-corrected chi connectivity index (χ4v) is 3.13. The first-order valence-electron chi connectivity index (χ1n) is 8.02. The molecule has 1 N–H and O–H groups in total. The normalized spacial score (nSPS) is 23.8. The van der Waals surface area contributed by atoms with Crippen LogP contribution in [0.3, 0.4) is 0 Å². The molecule has 0 saturated heterocycles. The van der Waals surface area contributed by atoms with E-state index in [2.05, 4.69) is 28.9 Å². The largest absolute Gasteiger partial charge is 0.393 e. The minimum atomic E-state index is -0.114. The summed E-state index contributed by atoms with van der Waals surface area (Å²) in [5.41, 5.74) is 2.21. The first-order chi connectivity index (χ1) is 9.69. The highest BCUT2D eigenvalue weighted by atomic mass is 16.3. The molecule has 1 saturated carbocycles. The van der Waals surface area contributed by atoms with Crippen molar-refractivity contribution < 1.29 is 5.11 Å². The van der Waals surface area contributed by atoms with Crippen molar-refractivity contribution in [1.29, 1.82) is 0 Å². The molecule has 0 amide bonds. The third kappa shape index (κ3) is 4.57. The zero-order valence-corrected chi connectivity index (χ0v) is 12.9. The maximum Gasteiger partial charge on any atom is 0.0580 e. The van der Waals surface area contributed by atoms with Crippen molar-refractivity contribution in [3.05, 3.63) is 29.6 Å². The molecule has 3 nitrogen and oxygen atoms in total. The molecule has 1 aromatic heterocycles. The lowest BCUT2D eigenvalue weighted by molar-refractivity contribution is 0.0724. The number of nitrogens with zero attached hydrogens (tertiary/aromatic N) is 2. The maximum atomic E-state index is 10.3. The highest BCUT2D eigenvalue weighted by Gasteiger charge is 2.23. The highest BCUT2D eigenvalue weighted by Crippen LogP contribution is 2.24. The third-order valence-corrected chi connectivity index (χ3v) is 4.39. The molecule has 2 unspecified atom stereocenters. The molecule has 0 radical (unpaired) electrons. The topological polar surface area (TPSA) is 36.4 Å². The van der Waals surface area contributed by atoms with E-state index >= 15 is 0 Å². The van der Waals surface area contributed by atoms with Crippen LogP contribution in [0.5, 0.6) is 0 Å². The van der Waals surface area contributed by atoms with Crippen molar-refractivity contribution in [1.82, 2.24) is 9.88 Å². The van der Waals surface area contributed by atoms with Crippen LogP contribution in [0.4, 0.5) is 0 Å². The molecule has 1 heterocycles. The lowest BCUT2D eigenvalue weighted by Gasteiger charge is -2.28. The second kappa shape index (κ2) is 7.75. The highest BCUT2D eigenvalue weighted by molar-refractivity contribution is 5.09. The Hall–Kier alpha value is -0.930. The van der Waals surface area contributed by atoms with Crippen LogP contribution in [-0.2, 0) is 6.54 Å². The van der Waals surface area contributed by atoms with Gasteiger partial charge in [-0.3, -0.25) is 9.88 Å². The summed E-state index contributed by atoms with van der Waals surface area (Å²) in [6, 6.07) is 6.21. The van der Waals surface area contributed by atoms with E-state index in [-0.39, 0.29) is 6.10 Å². The summed E-state index contributed by atoms with van der Waals surface area (Å²) in [4.78, 5) is 7.01. The van der Waals surface area contributed by atoms with Gasteiger partial charge < -0.3 is 5.11 Å². The van der Waals surface area contributed by atoms with E-state index in [0.29, 0.717) is 5.92 Å². The maximum absolute atomic E-state index is 10.3. The Kier molecular flexibility index (Phi) is 5.99. The van der Waals surface area contributed by atoms with E-state index in [1.807, 2.05) is 13.0 Å². The average Bonchev–Trinajstić information content (AvgIpc) is 2.63. The molecule has 0 aromatic carbocycles. The number of aliphatic hydroxyl groups is 1. The van der Waals surface area contributed by atoms with Crippen molar-refractivity contribution in [2.24, 2.45) is 5.92 Å². The van der Waals surface area contributed by atoms with Gasteiger partial charge in [0.15, 0.2) is 0 Å². The molecule has 1 aliphatic carbocycles. The average molecular weight is 276 g/mol. The number of aliphatic hydroxyl groups excluding tert-OH is 1. The summed E-state index contributed by atoms with van der Waals surface area (Å²) in [5.74, 6) is 0.433. The molecule has 0 aliphatic heterocycles. The quantitative estimate of drug-likeness (QED) is 0.839. The van der Waals surface area contributed by atoms with Crippen LogP contribution in [0.1, 0.15) is 50.4 Å². The monoisotopic (exact) mass is 276 g/mol. The number of aryl methyl sites for hydroxylation is 1. The molecule has 3 heteroatoms. The molecule has 112 valence electrons. The summed E-state index contributed by atoms with van der Waals surface area (Å²) >= 11 is 0. The Morgan fingerprint density at radius 1 is 1.25 bits per heavy atom. The van der Waals surface area contributed by atoms with Gasteiger partial charge in [0.25, 0.3) is 0 Å². The van der Waals surface area contributed by atoms with Crippen LogP contribution in [0, 0.1) is 12.8 Å². The molecule has 0 spiro atoms. The Labute approximate surface area is 123 Å². The van der Waals surface area contributed by atoms with Gasteiger partial charge >= 0.3 is 0 Å². The van der Waals surface area contributed by atoms with Crippen LogP contribution < -0.4 is 0 Å². The lowest BCUT2D eigenvalue weighted by Crippen LogP contribution is -2.34. The van der Waals surface area contributed by atoms with Gasteiger partial charge in [-0.15, -0.1) is 0 Å². The standard InChI is InChI=1S/C17H28N2O/c1-3-19(13-16-10-7-8-14(2)18-16)12-15-9-5-4-6-11-17(15)20/h7-8,10,15,17,20H,3-6,9,11-13H2,1-2H3. The summed E-state index contributed by atoms with van der Waals surface area (Å²) in [7, 11) is 0. The Morgan fingerprint density at radius 3 is 2.80 bits per heavy atom. The molecule has 1 aromatic rings. The number of pyridine rings is 1. The van der Waals surface area contributed by atoms with E-state index in [1.165, 1.54) is 25.7 Å². The SMILES string of the molecule is CCN(Cc1cccc(C)n1)CC1CCCCCC1O.